The lowest BCUT2D eigenvalue weighted by Crippen LogP contribution is -2.14. The predicted molar refractivity (Wildman–Crippen MR) is 65.0 cm³/mol. The van der Waals surface area contributed by atoms with Crippen molar-refractivity contribution in [1.29, 1.82) is 0 Å². The smallest absolute Gasteiger partial charge is 0.0457 e. The summed E-state index contributed by atoms with van der Waals surface area (Å²) < 4.78 is 0. The number of fused-ring (bicyclic) bond motifs is 1. The van der Waals surface area contributed by atoms with Gasteiger partial charge in [-0.05, 0) is 17.7 Å². The Morgan fingerprint density at radius 3 is 3.07 bits per heavy atom. The van der Waals surface area contributed by atoms with E-state index in [0.29, 0.717) is 11.6 Å². The van der Waals surface area contributed by atoms with Crippen molar-refractivity contribution in [3.63, 3.8) is 0 Å². The Labute approximate surface area is 93.9 Å². The van der Waals surface area contributed by atoms with Gasteiger partial charge in [0.05, 0.1) is 0 Å². The van der Waals surface area contributed by atoms with Crippen molar-refractivity contribution < 1.29 is 0 Å². The molecule has 0 saturated carbocycles. The largest absolute Gasteiger partial charge is 0.361 e. The van der Waals surface area contributed by atoms with Crippen LogP contribution in [-0.2, 0) is 6.54 Å². The summed E-state index contributed by atoms with van der Waals surface area (Å²) >= 11 is 5.68. The molecule has 2 aromatic rings. The average Bonchev–Trinajstić information content (AvgIpc) is 2.65. The summed E-state index contributed by atoms with van der Waals surface area (Å²) in [6.07, 6.45) is 1.95. The minimum absolute atomic E-state index is 0.635. The van der Waals surface area contributed by atoms with E-state index >= 15 is 0 Å². The molecule has 0 radical (unpaired) electrons. The molecule has 78 valence electrons. The maximum atomic E-state index is 5.68. The van der Waals surface area contributed by atoms with E-state index in [0.717, 1.165) is 6.54 Å². The molecule has 1 aromatic carbocycles. The zero-order valence-corrected chi connectivity index (χ0v) is 9.14. The van der Waals surface area contributed by atoms with Gasteiger partial charge in [0.15, 0.2) is 0 Å². The van der Waals surface area contributed by atoms with E-state index in [1.165, 1.54) is 16.5 Å². The van der Waals surface area contributed by atoms with Gasteiger partial charge >= 0.3 is 0 Å². The molecule has 0 fully saturated rings. The van der Waals surface area contributed by atoms with Gasteiger partial charge in [-0.15, -0.1) is 0 Å². The average molecular weight is 221 g/mol. The number of aromatic nitrogens is 1. The van der Waals surface area contributed by atoms with Crippen molar-refractivity contribution in [3.8, 4) is 0 Å². The molecule has 0 atom stereocenters. The standard InChI is InChI=1S/C12H13ClN2/c1-9(13)7-14-8-10-3-2-4-12-11(10)5-6-15-12/h2-6,14-15H,1,7-8H2. The summed E-state index contributed by atoms with van der Waals surface area (Å²) in [6, 6.07) is 8.31. The number of benzene rings is 1. The second-order valence-corrected chi connectivity index (χ2v) is 4.01. The first-order valence-electron chi connectivity index (χ1n) is 4.86. The number of hydrogen-bond donors (Lipinski definition) is 2. The fraction of sp³-hybridized carbons (Fsp3) is 0.167. The maximum absolute atomic E-state index is 5.68. The molecule has 0 aliphatic rings. The van der Waals surface area contributed by atoms with Crippen molar-refractivity contribution in [2.24, 2.45) is 0 Å². The molecule has 1 heterocycles. The van der Waals surface area contributed by atoms with E-state index < -0.39 is 0 Å². The molecule has 0 spiro atoms. The molecule has 3 heteroatoms. The summed E-state index contributed by atoms with van der Waals surface area (Å²) in [5, 5.41) is 5.13. The second kappa shape index (κ2) is 4.51. The number of rotatable bonds is 4. The summed E-state index contributed by atoms with van der Waals surface area (Å²) in [7, 11) is 0. The first-order chi connectivity index (χ1) is 7.27. The van der Waals surface area contributed by atoms with Crippen LogP contribution < -0.4 is 5.32 Å². The summed E-state index contributed by atoms with van der Waals surface area (Å²) in [4.78, 5) is 3.19. The van der Waals surface area contributed by atoms with E-state index in [1.54, 1.807) is 0 Å². The van der Waals surface area contributed by atoms with Crippen LogP contribution in [0, 0.1) is 0 Å². The second-order valence-electron chi connectivity index (χ2n) is 3.48. The lowest BCUT2D eigenvalue weighted by molar-refractivity contribution is 0.759. The number of hydrogen-bond acceptors (Lipinski definition) is 1. The van der Waals surface area contributed by atoms with Crippen molar-refractivity contribution in [2.45, 2.75) is 6.54 Å². The van der Waals surface area contributed by atoms with E-state index in [9.17, 15) is 0 Å². The Balaban J connectivity index is 2.13. The van der Waals surface area contributed by atoms with Gasteiger partial charge in [0.1, 0.15) is 0 Å². The monoisotopic (exact) mass is 220 g/mol. The fourth-order valence-corrected chi connectivity index (χ4v) is 1.73. The highest BCUT2D eigenvalue weighted by molar-refractivity contribution is 6.29. The third-order valence-corrected chi connectivity index (χ3v) is 2.45. The van der Waals surface area contributed by atoms with Crippen LogP contribution in [0.4, 0.5) is 0 Å². The van der Waals surface area contributed by atoms with Crippen LogP contribution >= 0.6 is 11.6 Å². The third-order valence-electron chi connectivity index (χ3n) is 2.32. The van der Waals surface area contributed by atoms with Crippen LogP contribution in [0.3, 0.4) is 0 Å². The van der Waals surface area contributed by atoms with Gasteiger partial charge in [0.2, 0.25) is 0 Å². The molecular weight excluding hydrogens is 208 g/mol. The van der Waals surface area contributed by atoms with Crippen molar-refractivity contribution in [1.82, 2.24) is 10.3 Å². The van der Waals surface area contributed by atoms with E-state index in [-0.39, 0.29) is 0 Å². The Kier molecular flexibility index (Phi) is 3.09. The highest BCUT2D eigenvalue weighted by Crippen LogP contribution is 2.16. The molecule has 0 saturated heterocycles. The van der Waals surface area contributed by atoms with Gasteiger partial charge in [-0.2, -0.15) is 0 Å². The van der Waals surface area contributed by atoms with Crippen molar-refractivity contribution in [3.05, 3.63) is 47.6 Å². The van der Waals surface area contributed by atoms with Gasteiger partial charge in [-0.3, -0.25) is 0 Å². The Bertz CT molecular complexity index is 473. The number of aromatic amines is 1. The van der Waals surface area contributed by atoms with Gasteiger partial charge in [0.25, 0.3) is 0 Å². The first-order valence-corrected chi connectivity index (χ1v) is 5.24. The Morgan fingerprint density at radius 1 is 1.40 bits per heavy atom. The fourth-order valence-electron chi connectivity index (χ4n) is 1.64. The highest BCUT2D eigenvalue weighted by atomic mass is 35.5. The highest BCUT2D eigenvalue weighted by Gasteiger charge is 2.00. The van der Waals surface area contributed by atoms with Crippen LogP contribution in [0.2, 0.25) is 0 Å². The third kappa shape index (κ3) is 2.41. The van der Waals surface area contributed by atoms with Crippen LogP contribution in [0.15, 0.2) is 42.1 Å². The Hall–Kier alpha value is -1.25. The number of halogens is 1. The lowest BCUT2D eigenvalue weighted by atomic mass is 10.1. The lowest BCUT2D eigenvalue weighted by Gasteiger charge is -2.04. The molecule has 0 unspecified atom stereocenters. The molecule has 0 aliphatic carbocycles. The molecule has 0 aliphatic heterocycles. The maximum Gasteiger partial charge on any atom is 0.0457 e. The van der Waals surface area contributed by atoms with Crippen molar-refractivity contribution in [2.75, 3.05) is 6.54 Å². The zero-order valence-electron chi connectivity index (χ0n) is 8.39. The van der Waals surface area contributed by atoms with E-state index in [4.69, 9.17) is 11.6 Å². The van der Waals surface area contributed by atoms with Crippen LogP contribution in [-0.4, -0.2) is 11.5 Å². The van der Waals surface area contributed by atoms with Gasteiger partial charge in [-0.1, -0.05) is 30.3 Å². The molecule has 1 aromatic heterocycles. The molecule has 2 nitrogen and oxygen atoms in total. The van der Waals surface area contributed by atoms with Gasteiger partial charge in [0, 0.05) is 35.2 Å². The van der Waals surface area contributed by atoms with Crippen LogP contribution in [0.5, 0.6) is 0 Å². The number of H-pyrrole nitrogens is 1. The minimum atomic E-state index is 0.635. The molecule has 0 bridgehead atoms. The van der Waals surface area contributed by atoms with E-state index in [1.807, 2.05) is 12.3 Å². The Morgan fingerprint density at radius 2 is 2.27 bits per heavy atom. The normalized spacial score (nSPS) is 10.7. The molecule has 2 rings (SSSR count). The zero-order chi connectivity index (χ0) is 10.7. The van der Waals surface area contributed by atoms with Crippen LogP contribution in [0.25, 0.3) is 10.9 Å². The van der Waals surface area contributed by atoms with Crippen molar-refractivity contribution >= 4 is 22.5 Å². The molecule has 15 heavy (non-hydrogen) atoms. The van der Waals surface area contributed by atoms with Crippen LogP contribution in [0.1, 0.15) is 5.56 Å². The number of nitrogens with one attached hydrogen (secondary N) is 2. The van der Waals surface area contributed by atoms with Gasteiger partial charge in [-0.25, -0.2) is 0 Å². The quantitative estimate of drug-likeness (QED) is 0.815. The summed E-state index contributed by atoms with van der Waals surface area (Å²) in [5.74, 6) is 0. The molecule has 2 N–H and O–H groups in total. The topological polar surface area (TPSA) is 27.8 Å². The summed E-state index contributed by atoms with van der Waals surface area (Å²) in [6.45, 7) is 5.08. The van der Waals surface area contributed by atoms with E-state index in [2.05, 4.69) is 35.1 Å². The SMILES string of the molecule is C=C(Cl)CNCc1cccc2[nH]ccc12. The molecule has 0 amide bonds. The first kappa shape index (κ1) is 10.3. The predicted octanol–water partition coefficient (Wildman–Crippen LogP) is 3.01. The summed E-state index contributed by atoms with van der Waals surface area (Å²) in [5.41, 5.74) is 2.44. The minimum Gasteiger partial charge on any atom is -0.361 e. The van der Waals surface area contributed by atoms with Gasteiger partial charge < -0.3 is 10.3 Å². The molecular formula is C12H13ClN2.